The Morgan fingerprint density at radius 3 is 2.60 bits per heavy atom. The van der Waals surface area contributed by atoms with Crippen LogP contribution in [0.5, 0.6) is 11.5 Å². The van der Waals surface area contributed by atoms with Crippen molar-refractivity contribution >= 4 is 11.6 Å². The predicted octanol–water partition coefficient (Wildman–Crippen LogP) is 0.602. The van der Waals surface area contributed by atoms with Crippen molar-refractivity contribution in [2.75, 3.05) is 45.7 Å². The Labute approximate surface area is 118 Å². The van der Waals surface area contributed by atoms with E-state index in [0.717, 1.165) is 37.4 Å². The molecular formula is C14H19N3O3. The molecular weight excluding hydrogens is 258 g/mol. The van der Waals surface area contributed by atoms with Crippen LogP contribution in [0.15, 0.2) is 12.1 Å². The van der Waals surface area contributed by atoms with Crippen molar-refractivity contribution in [2.45, 2.75) is 6.04 Å². The molecule has 2 aliphatic heterocycles. The van der Waals surface area contributed by atoms with Crippen molar-refractivity contribution in [3.63, 3.8) is 0 Å². The fourth-order valence-corrected chi connectivity index (χ4v) is 2.89. The Balaban J connectivity index is 2.01. The van der Waals surface area contributed by atoms with Crippen molar-refractivity contribution in [3.8, 4) is 11.5 Å². The highest BCUT2D eigenvalue weighted by molar-refractivity contribution is 6.03. The first-order valence-electron chi connectivity index (χ1n) is 6.76. The molecule has 6 heteroatoms. The first-order valence-corrected chi connectivity index (χ1v) is 6.76. The first kappa shape index (κ1) is 13.2. The largest absolute Gasteiger partial charge is 0.497 e. The van der Waals surface area contributed by atoms with E-state index in [1.165, 1.54) is 0 Å². The number of fused-ring (bicyclic) bond motifs is 1. The van der Waals surface area contributed by atoms with Gasteiger partial charge >= 0.3 is 0 Å². The zero-order chi connectivity index (χ0) is 14.1. The lowest BCUT2D eigenvalue weighted by Gasteiger charge is -2.31. The van der Waals surface area contributed by atoms with Gasteiger partial charge in [-0.25, -0.2) is 0 Å². The zero-order valence-corrected chi connectivity index (χ0v) is 11.7. The molecule has 1 saturated heterocycles. The Morgan fingerprint density at radius 1 is 1.20 bits per heavy atom. The third kappa shape index (κ3) is 2.10. The summed E-state index contributed by atoms with van der Waals surface area (Å²) in [7, 11) is 3.22. The summed E-state index contributed by atoms with van der Waals surface area (Å²) in [5.41, 5.74) is 1.70. The van der Waals surface area contributed by atoms with E-state index < -0.39 is 0 Å². The van der Waals surface area contributed by atoms with Crippen LogP contribution in [-0.4, -0.2) is 51.2 Å². The molecule has 1 aromatic carbocycles. The number of carbonyl (C=O) groups excluding carboxylic acids is 1. The van der Waals surface area contributed by atoms with Crippen molar-refractivity contribution < 1.29 is 14.3 Å². The maximum absolute atomic E-state index is 12.3. The number of rotatable bonds is 3. The molecule has 2 heterocycles. The van der Waals surface area contributed by atoms with Gasteiger partial charge in [-0.15, -0.1) is 0 Å². The molecule has 2 aliphatic rings. The van der Waals surface area contributed by atoms with Crippen molar-refractivity contribution in [2.24, 2.45) is 0 Å². The summed E-state index contributed by atoms with van der Waals surface area (Å²) in [6.07, 6.45) is 0. The van der Waals surface area contributed by atoms with Gasteiger partial charge in [0.2, 0.25) is 5.91 Å². The van der Waals surface area contributed by atoms with Gasteiger partial charge in [0.15, 0.2) is 0 Å². The molecule has 1 amide bonds. The van der Waals surface area contributed by atoms with Gasteiger partial charge < -0.3 is 20.1 Å². The Hall–Kier alpha value is -1.79. The second kappa shape index (κ2) is 5.30. The van der Waals surface area contributed by atoms with E-state index in [0.29, 0.717) is 11.5 Å². The fraction of sp³-hybridized carbons (Fsp3) is 0.500. The van der Waals surface area contributed by atoms with Crippen LogP contribution in [0.2, 0.25) is 0 Å². The molecule has 3 rings (SSSR count). The molecule has 20 heavy (non-hydrogen) atoms. The third-order valence-corrected chi connectivity index (χ3v) is 3.87. The monoisotopic (exact) mass is 277 g/mol. The molecule has 0 aliphatic carbocycles. The lowest BCUT2D eigenvalue weighted by atomic mass is 10.0. The average Bonchev–Trinajstić information content (AvgIpc) is 2.82. The molecule has 1 unspecified atom stereocenters. The Morgan fingerprint density at radius 2 is 1.95 bits per heavy atom. The minimum absolute atomic E-state index is 0.00783. The topological polar surface area (TPSA) is 62.8 Å². The molecule has 1 atom stereocenters. The molecule has 2 N–H and O–H groups in total. The van der Waals surface area contributed by atoms with Crippen molar-refractivity contribution in [1.29, 1.82) is 0 Å². The molecule has 0 radical (unpaired) electrons. The van der Waals surface area contributed by atoms with E-state index in [1.807, 2.05) is 12.1 Å². The first-order chi connectivity index (χ1) is 9.74. The molecule has 0 saturated carbocycles. The smallest absolute Gasteiger partial charge is 0.246 e. The van der Waals surface area contributed by atoms with Crippen LogP contribution in [0.1, 0.15) is 11.6 Å². The van der Waals surface area contributed by atoms with Gasteiger partial charge in [-0.2, -0.15) is 0 Å². The van der Waals surface area contributed by atoms with Gasteiger partial charge in [-0.3, -0.25) is 9.69 Å². The van der Waals surface area contributed by atoms with Crippen molar-refractivity contribution in [1.82, 2.24) is 10.2 Å². The second-order valence-electron chi connectivity index (χ2n) is 4.97. The lowest BCUT2D eigenvalue weighted by Crippen LogP contribution is -2.46. The summed E-state index contributed by atoms with van der Waals surface area (Å²) in [4.78, 5) is 14.5. The average molecular weight is 277 g/mol. The van der Waals surface area contributed by atoms with Crippen LogP contribution < -0.4 is 20.1 Å². The van der Waals surface area contributed by atoms with Crippen LogP contribution in [0.25, 0.3) is 0 Å². The highest BCUT2D eigenvalue weighted by Gasteiger charge is 2.38. The number of carbonyl (C=O) groups is 1. The van der Waals surface area contributed by atoms with Crippen LogP contribution in [-0.2, 0) is 4.79 Å². The SMILES string of the molecule is COc1cc2c(c(OC)c1)C(N1CCNCC1)C(=O)N2. The summed E-state index contributed by atoms with van der Waals surface area (Å²) in [6.45, 7) is 3.51. The van der Waals surface area contributed by atoms with Gasteiger partial charge in [0, 0.05) is 43.9 Å². The highest BCUT2D eigenvalue weighted by atomic mass is 16.5. The number of methoxy groups -OCH3 is 2. The molecule has 6 nitrogen and oxygen atoms in total. The Kier molecular flexibility index (Phi) is 3.50. The standard InChI is InChI=1S/C14H19N3O3/c1-19-9-7-10-12(11(8-9)20-2)13(14(18)16-10)17-5-3-15-4-6-17/h7-8,13,15H,3-6H2,1-2H3,(H,16,18). The van der Waals surface area contributed by atoms with Crippen LogP contribution in [0.3, 0.4) is 0 Å². The molecule has 0 aromatic heterocycles. The number of hydrogen-bond acceptors (Lipinski definition) is 5. The van der Waals surface area contributed by atoms with E-state index in [-0.39, 0.29) is 11.9 Å². The van der Waals surface area contributed by atoms with E-state index in [1.54, 1.807) is 14.2 Å². The summed E-state index contributed by atoms with van der Waals surface area (Å²) in [6, 6.07) is 3.40. The number of hydrogen-bond donors (Lipinski definition) is 2. The number of benzene rings is 1. The molecule has 1 aromatic rings. The Bertz CT molecular complexity index is 527. The minimum atomic E-state index is -0.270. The summed E-state index contributed by atoms with van der Waals surface area (Å²) < 4.78 is 10.7. The van der Waals surface area contributed by atoms with E-state index in [9.17, 15) is 4.79 Å². The van der Waals surface area contributed by atoms with Gasteiger partial charge in [0.1, 0.15) is 17.5 Å². The number of anilines is 1. The van der Waals surface area contributed by atoms with Crippen LogP contribution >= 0.6 is 0 Å². The third-order valence-electron chi connectivity index (χ3n) is 3.87. The van der Waals surface area contributed by atoms with E-state index in [2.05, 4.69) is 15.5 Å². The molecule has 0 spiro atoms. The normalized spacial score (nSPS) is 22.3. The summed E-state index contributed by atoms with van der Waals surface area (Å²) in [5, 5.41) is 6.23. The highest BCUT2D eigenvalue weighted by Crippen LogP contribution is 2.43. The van der Waals surface area contributed by atoms with Crippen LogP contribution in [0.4, 0.5) is 5.69 Å². The minimum Gasteiger partial charge on any atom is -0.497 e. The molecule has 0 bridgehead atoms. The summed E-state index contributed by atoms with van der Waals surface area (Å²) in [5.74, 6) is 1.39. The molecule has 108 valence electrons. The maximum Gasteiger partial charge on any atom is 0.246 e. The van der Waals surface area contributed by atoms with Crippen LogP contribution in [0, 0.1) is 0 Å². The fourth-order valence-electron chi connectivity index (χ4n) is 2.89. The molecule has 1 fully saturated rings. The van der Waals surface area contributed by atoms with Gasteiger partial charge in [-0.1, -0.05) is 0 Å². The number of ether oxygens (including phenoxy) is 2. The second-order valence-corrected chi connectivity index (χ2v) is 4.97. The number of nitrogens with one attached hydrogen (secondary N) is 2. The van der Waals surface area contributed by atoms with E-state index in [4.69, 9.17) is 9.47 Å². The summed E-state index contributed by atoms with van der Waals surface area (Å²) >= 11 is 0. The van der Waals surface area contributed by atoms with Gasteiger partial charge in [0.05, 0.1) is 19.9 Å². The number of amides is 1. The lowest BCUT2D eigenvalue weighted by molar-refractivity contribution is -0.121. The predicted molar refractivity (Wildman–Crippen MR) is 75.4 cm³/mol. The quantitative estimate of drug-likeness (QED) is 0.847. The van der Waals surface area contributed by atoms with E-state index >= 15 is 0 Å². The number of nitrogens with zero attached hydrogens (tertiary/aromatic N) is 1. The van der Waals surface area contributed by atoms with Crippen molar-refractivity contribution in [3.05, 3.63) is 17.7 Å². The zero-order valence-electron chi connectivity index (χ0n) is 11.7. The maximum atomic E-state index is 12.3. The van der Waals surface area contributed by atoms with Gasteiger partial charge in [0.25, 0.3) is 0 Å². The number of piperazine rings is 1. The van der Waals surface area contributed by atoms with Gasteiger partial charge in [-0.05, 0) is 0 Å².